The first-order valence-corrected chi connectivity index (χ1v) is 10.7. The molecule has 1 aromatic heterocycles. The van der Waals surface area contributed by atoms with Gasteiger partial charge in [0.2, 0.25) is 0 Å². The zero-order chi connectivity index (χ0) is 20.6. The number of rotatable bonds is 4. The van der Waals surface area contributed by atoms with Crippen molar-refractivity contribution in [1.82, 2.24) is 0 Å². The summed E-state index contributed by atoms with van der Waals surface area (Å²) in [5, 5.41) is 3.57. The SMILES string of the molecule is Cc1c[s+](-c2ccc(C(=O)OC(C)(C)c3cccc(F)c3)cc2)c2ccccc12. The molecule has 0 fully saturated rings. The van der Waals surface area contributed by atoms with Crippen LogP contribution in [0.2, 0.25) is 0 Å². The molecule has 0 radical (unpaired) electrons. The minimum atomic E-state index is -0.927. The van der Waals surface area contributed by atoms with Gasteiger partial charge in [0, 0.05) is 21.4 Å². The van der Waals surface area contributed by atoms with Crippen molar-refractivity contribution in [3.05, 3.63) is 101 Å². The fourth-order valence-electron chi connectivity index (χ4n) is 3.43. The van der Waals surface area contributed by atoms with Crippen LogP contribution >= 0.6 is 10.5 Å². The summed E-state index contributed by atoms with van der Waals surface area (Å²) < 4.78 is 20.5. The Balaban J connectivity index is 1.58. The van der Waals surface area contributed by atoms with Crippen LogP contribution in [0.15, 0.2) is 78.2 Å². The van der Waals surface area contributed by atoms with Crippen LogP contribution in [0.5, 0.6) is 0 Å². The maximum absolute atomic E-state index is 13.5. The van der Waals surface area contributed by atoms with Gasteiger partial charge in [0.25, 0.3) is 0 Å². The Labute approximate surface area is 172 Å². The molecular formula is C25H22FO2S+. The average Bonchev–Trinajstić information content (AvgIpc) is 3.05. The van der Waals surface area contributed by atoms with E-state index >= 15 is 0 Å². The summed E-state index contributed by atoms with van der Waals surface area (Å²) in [6.07, 6.45) is 0. The van der Waals surface area contributed by atoms with E-state index in [1.807, 2.05) is 12.1 Å². The monoisotopic (exact) mass is 405 g/mol. The Kier molecular flexibility index (Phi) is 4.97. The molecule has 0 spiro atoms. The van der Waals surface area contributed by atoms with Gasteiger partial charge in [0.1, 0.15) is 16.8 Å². The second-order valence-corrected chi connectivity index (χ2v) is 9.39. The molecule has 0 N–H and O–H groups in total. The summed E-state index contributed by atoms with van der Waals surface area (Å²) in [7, 11) is -0.124. The summed E-state index contributed by atoms with van der Waals surface area (Å²) >= 11 is 0. The lowest BCUT2D eigenvalue weighted by Gasteiger charge is -2.25. The molecule has 1 atom stereocenters. The van der Waals surface area contributed by atoms with E-state index in [1.54, 1.807) is 38.1 Å². The average molecular weight is 406 g/mol. The van der Waals surface area contributed by atoms with Crippen LogP contribution in [-0.2, 0) is 10.3 Å². The number of esters is 1. The second-order valence-electron chi connectivity index (χ2n) is 7.57. The second kappa shape index (κ2) is 7.45. The third-order valence-corrected chi connectivity index (χ3v) is 7.25. The van der Waals surface area contributed by atoms with Crippen LogP contribution < -0.4 is 0 Å². The number of hydrogen-bond acceptors (Lipinski definition) is 2. The van der Waals surface area contributed by atoms with Crippen LogP contribution in [0.3, 0.4) is 0 Å². The Morgan fingerprint density at radius 3 is 2.41 bits per heavy atom. The van der Waals surface area contributed by atoms with E-state index in [9.17, 15) is 9.18 Å². The molecule has 0 aliphatic rings. The van der Waals surface area contributed by atoms with Crippen molar-refractivity contribution in [3.63, 3.8) is 0 Å². The Morgan fingerprint density at radius 2 is 1.69 bits per heavy atom. The molecule has 4 heteroatoms. The molecule has 0 bridgehead atoms. The van der Waals surface area contributed by atoms with Gasteiger partial charge in [-0.1, -0.05) is 24.3 Å². The standard InChI is InChI=1S/C25H22FO2S/c1-17-16-29(23-10-5-4-9-22(17)23)21-13-11-18(12-14-21)24(27)28-25(2,3)19-7-6-8-20(26)15-19/h4-16H,1-3H3/q+1. The van der Waals surface area contributed by atoms with Crippen molar-refractivity contribution in [2.75, 3.05) is 0 Å². The summed E-state index contributed by atoms with van der Waals surface area (Å²) in [6, 6.07) is 22.1. The number of fused-ring (bicyclic) bond motifs is 1. The smallest absolute Gasteiger partial charge is 0.338 e. The van der Waals surface area contributed by atoms with Gasteiger partial charge in [0.05, 0.1) is 5.56 Å². The lowest BCUT2D eigenvalue weighted by molar-refractivity contribution is -0.00325. The summed E-state index contributed by atoms with van der Waals surface area (Å²) in [5.41, 5.74) is 1.45. The van der Waals surface area contributed by atoms with E-state index in [0.717, 1.165) is 4.90 Å². The first kappa shape index (κ1) is 19.3. The van der Waals surface area contributed by atoms with Crippen LogP contribution in [0.25, 0.3) is 15.0 Å². The van der Waals surface area contributed by atoms with Crippen molar-refractivity contribution in [3.8, 4) is 4.90 Å². The molecule has 0 saturated carbocycles. The summed E-state index contributed by atoms with van der Waals surface area (Å²) in [5.74, 6) is -0.773. The third-order valence-electron chi connectivity index (χ3n) is 5.06. The molecule has 0 aliphatic carbocycles. The lowest BCUT2D eigenvalue weighted by atomic mass is 9.98. The fraction of sp³-hybridized carbons (Fsp3) is 0.160. The van der Waals surface area contributed by atoms with Gasteiger partial charge in [-0.3, -0.25) is 0 Å². The van der Waals surface area contributed by atoms with Crippen LogP contribution in [0.4, 0.5) is 4.39 Å². The van der Waals surface area contributed by atoms with Crippen LogP contribution in [-0.4, -0.2) is 5.97 Å². The Hall–Kier alpha value is -2.98. The molecule has 29 heavy (non-hydrogen) atoms. The molecule has 4 rings (SSSR count). The van der Waals surface area contributed by atoms with E-state index < -0.39 is 11.6 Å². The van der Waals surface area contributed by atoms with Gasteiger partial charge in [-0.05, 0) is 74.9 Å². The van der Waals surface area contributed by atoms with E-state index in [-0.39, 0.29) is 16.3 Å². The van der Waals surface area contributed by atoms with Gasteiger partial charge >= 0.3 is 5.97 Å². The Bertz CT molecular complexity index is 1190. The van der Waals surface area contributed by atoms with Gasteiger partial charge < -0.3 is 4.74 Å². The molecule has 2 nitrogen and oxygen atoms in total. The molecule has 0 amide bonds. The number of hydrogen-bond donors (Lipinski definition) is 0. The minimum absolute atomic E-state index is 0.124. The number of halogens is 1. The topological polar surface area (TPSA) is 26.3 Å². The van der Waals surface area contributed by atoms with E-state index in [0.29, 0.717) is 11.1 Å². The predicted octanol–water partition coefficient (Wildman–Crippen LogP) is 7.12. The zero-order valence-corrected chi connectivity index (χ0v) is 17.4. The molecule has 0 aliphatic heterocycles. The van der Waals surface area contributed by atoms with Gasteiger partial charge in [-0.2, -0.15) is 0 Å². The maximum atomic E-state index is 13.5. The first-order valence-electron chi connectivity index (χ1n) is 9.45. The number of thiophene rings is 1. The minimum Gasteiger partial charge on any atom is -0.451 e. The number of ether oxygens (including phenoxy) is 1. The molecule has 3 aromatic carbocycles. The Morgan fingerprint density at radius 1 is 0.966 bits per heavy atom. The van der Waals surface area contributed by atoms with Gasteiger partial charge in [0.15, 0.2) is 9.60 Å². The van der Waals surface area contributed by atoms with Gasteiger partial charge in [-0.25, -0.2) is 9.18 Å². The highest BCUT2D eigenvalue weighted by molar-refractivity contribution is 7.43. The quantitative estimate of drug-likeness (QED) is 0.267. The molecular weight excluding hydrogens is 383 g/mol. The predicted molar refractivity (Wildman–Crippen MR) is 117 cm³/mol. The molecule has 1 heterocycles. The van der Waals surface area contributed by atoms with Crippen molar-refractivity contribution in [1.29, 1.82) is 0 Å². The molecule has 4 aromatic rings. The van der Waals surface area contributed by atoms with Crippen molar-refractivity contribution in [2.24, 2.45) is 0 Å². The third kappa shape index (κ3) is 3.81. The lowest BCUT2D eigenvalue weighted by Crippen LogP contribution is -2.25. The normalized spacial score (nSPS) is 12.2. The maximum Gasteiger partial charge on any atom is 0.338 e. The number of carbonyl (C=O) groups is 1. The summed E-state index contributed by atoms with van der Waals surface area (Å²) in [4.78, 5) is 13.8. The van der Waals surface area contributed by atoms with E-state index in [2.05, 4.69) is 36.6 Å². The highest BCUT2D eigenvalue weighted by Crippen LogP contribution is 2.41. The first-order chi connectivity index (χ1) is 13.8. The number of carbonyl (C=O) groups excluding carboxylic acids is 1. The van der Waals surface area contributed by atoms with Crippen LogP contribution in [0, 0.1) is 12.7 Å². The molecule has 0 saturated heterocycles. The van der Waals surface area contributed by atoms with E-state index in [4.69, 9.17) is 4.74 Å². The highest BCUT2D eigenvalue weighted by atomic mass is 32.2. The van der Waals surface area contributed by atoms with Crippen LogP contribution in [0.1, 0.15) is 35.3 Å². The van der Waals surface area contributed by atoms with Crippen molar-refractivity contribution in [2.45, 2.75) is 26.4 Å². The summed E-state index contributed by atoms with van der Waals surface area (Å²) in [6.45, 7) is 5.66. The number of aryl methyl sites for hydroxylation is 1. The van der Waals surface area contributed by atoms with Gasteiger partial charge in [-0.15, -0.1) is 0 Å². The van der Waals surface area contributed by atoms with E-state index in [1.165, 1.54) is 27.8 Å². The number of benzene rings is 3. The molecule has 1 unspecified atom stereocenters. The molecule has 146 valence electrons. The largest absolute Gasteiger partial charge is 0.451 e. The van der Waals surface area contributed by atoms with Crippen molar-refractivity contribution >= 4 is 26.5 Å². The zero-order valence-electron chi connectivity index (χ0n) is 16.6. The fourth-order valence-corrected chi connectivity index (χ4v) is 5.55. The van der Waals surface area contributed by atoms with Crippen molar-refractivity contribution < 1.29 is 13.9 Å². The highest BCUT2D eigenvalue weighted by Gasteiger charge is 2.27.